The van der Waals surface area contributed by atoms with Crippen LogP contribution in [0.3, 0.4) is 0 Å². The van der Waals surface area contributed by atoms with Gasteiger partial charge in [0.2, 0.25) is 5.78 Å². The Morgan fingerprint density at radius 2 is 1.89 bits per heavy atom. The molecule has 172 valence electrons. The number of rotatable bonds is 7. The number of nitrogens with one attached hydrogen (secondary N) is 1. The molecule has 0 spiro atoms. The van der Waals surface area contributed by atoms with Gasteiger partial charge in [0.05, 0.1) is 24.9 Å². The molecule has 1 unspecified atom stereocenters. The van der Waals surface area contributed by atoms with E-state index in [0.717, 1.165) is 16.8 Å². The summed E-state index contributed by atoms with van der Waals surface area (Å²) in [6.07, 6.45) is 3.66. The van der Waals surface area contributed by atoms with Gasteiger partial charge in [-0.1, -0.05) is 36.4 Å². The predicted molar refractivity (Wildman–Crippen MR) is 134 cm³/mol. The lowest BCUT2D eigenvalue weighted by molar-refractivity contribution is 0.0963. The third-order valence-corrected chi connectivity index (χ3v) is 5.70. The Hall–Kier alpha value is -4.90. The van der Waals surface area contributed by atoms with Crippen molar-refractivity contribution in [1.29, 1.82) is 0 Å². The number of benzene rings is 2. The molecule has 8 heteroatoms. The quantitative estimate of drug-likeness (QED) is 0.261. The molecule has 3 aromatic heterocycles. The molecule has 8 nitrogen and oxygen atoms in total. The van der Waals surface area contributed by atoms with Gasteiger partial charge in [0.25, 0.3) is 0 Å². The first-order valence-corrected chi connectivity index (χ1v) is 11.0. The molecule has 5 aromatic rings. The summed E-state index contributed by atoms with van der Waals surface area (Å²) in [4.78, 5) is 17.5. The van der Waals surface area contributed by atoms with Gasteiger partial charge in [-0.15, -0.1) is 0 Å². The Kier molecular flexibility index (Phi) is 5.73. The first-order chi connectivity index (χ1) is 17.1. The van der Waals surface area contributed by atoms with Crippen molar-refractivity contribution in [3.63, 3.8) is 0 Å². The molecule has 5 rings (SSSR count). The van der Waals surface area contributed by atoms with Gasteiger partial charge in [-0.05, 0) is 35.9 Å². The number of ketones is 1. The third kappa shape index (κ3) is 4.35. The SMILES string of the molecule is [C-]#[N+]c1ccc(-c2cn(C)nc2C(=O)C(Nc2cccc(OC)c2)c2cc3ccccn3n2)cc1. The highest BCUT2D eigenvalue weighted by Gasteiger charge is 2.29. The van der Waals surface area contributed by atoms with E-state index in [1.165, 1.54) is 0 Å². The average molecular weight is 463 g/mol. The maximum absolute atomic E-state index is 14.0. The molecule has 0 aliphatic carbocycles. The Bertz CT molecular complexity index is 1530. The van der Waals surface area contributed by atoms with Crippen LogP contribution in [0.5, 0.6) is 5.75 Å². The molecule has 0 saturated heterocycles. The number of aromatic nitrogens is 4. The molecule has 2 aromatic carbocycles. The van der Waals surface area contributed by atoms with Crippen LogP contribution in [0.25, 0.3) is 21.5 Å². The lowest BCUT2D eigenvalue weighted by Gasteiger charge is -2.17. The molecular weight excluding hydrogens is 440 g/mol. The summed E-state index contributed by atoms with van der Waals surface area (Å²) in [6, 6.07) is 21.4. The van der Waals surface area contributed by atoms with Crippen LogP contribution in [0.1, 0.15) is 22.2 Å². The number of Topliss-reactive ketones (excluding diaryl/α,β-unsaturated/α-hetero) is 1. The molecule has 3 heterocycles. The largest absolute Gasteiger partial charge is 0.497 e. The predicted octanol–water partition coefficient (Wildman–Crippen LogP) is 5.33. The second-order valence-corrected chi connectivity index (χ2v) is 8.04. The van der Waals surface area contributed by atoms with Crippen LogP contribution in [-0.4, -0.2) is 32.3 Å². The summed E-state index contributed by atoms with van der Waals surface area (Å²) >= 11 is 0. The molecule has 0 aliphatic rings. The molecule has 1 atom stereocenters. The minimum Gasteiger partial charge on any atom is -0.497 e. The summed E-state index contributed by atoms with van der Waals surface area (Å²) in [5, 5.41) is 12.5. The highest BCUT2D eigenvalue weighted by atomic mass is 16.5. The lowest BCUT2D eigenvalue weighted by Crippen LogP contribution is -2.23. The van der Waals surface area contributed by atoms with Gasteiger partial charge in [0.15, 0.2) is 5.69 Å². The smallest absolute Gasteiger partial charge is 0.212 e. The van der Waals surface area contributed by atoms with Crippen LogP contribution in [0.2, 0.25) is 0 Å². The topological polar surface area (TPSA) is 77.8 Å². The third-order valence-electron chi connectivity index (χ3n) is 5.70. The monoisotopic (exact) mass is 462 g/mol. The molecule has 35 heavy (non-hydrogen) atoms. The Balaban J connectivity index is 1.59. The van der Waals surface area contributed by atoms with E-state index in [9.17, 15) is 4.79 Å². The van der Waals surface area contributed by atoms with E-state index in [2.05, 4.69) is 20.4 Å². The molecule has 0 radical (unpaired) electrons. The number of ether oxygens (including phenoxy) is 1. The van der Waals surface area contributed by atoms with Crippen molar-refractivity contribution in [1.82, 2.24) is 19.4 Å². The molecule has 0 fully saturated rings. The summed E-state index contributed by atoms with van der Waals surface area (Å²) in [5.41, 5.74) is 4.53. The van der Waals surface area contributed by atoms with Crippen LogP contribution in [-0.2, 0) is 7.05 Å². The molecule has 0 bridgehead atoms. The van der Waals surface area contributed by atoms with Crippen molar-refractivity contribution in [3.05, 3.63) is 108 Å². The van der Waals surface area contributed by atoms with E-state index >= 15 is 0 Å². The van der Waals surface area contributed by atoms with Gasteiger partial charge in [-0.3, -0.25) is 9.48 Å². The summed E-state index contributed by atoms with van der Waals surface area (Å²) in [6.45, 7) is 7.19. The van der Waals surface area contributed by atoms with Crippen LogP contribution in [0.4, 0.5) is 11.4 Å². The van der Waals surface area contributed by atoms with Crippen LogP contribution < -0.4 is 10.1 Å². The zero-order valence-corrected chi connectivity index (χ0v) is 19.2. The molecule has 0 amide bonds. The Labute approximate surface area is 202 Å². The fourth-order valence-corrected chi connectivity index (χ4v) is 3.99. The van der Waals surface area contributed by atoms with Gasteiger partial charge in [0, 0.05) is 36.8 Å². The summed E-state index contributed by atoms with van der Waals surface area (Å²) in [5.74, 6) is 0.454. The maximum Gasteiger partial charge on any atom is 0.212 e. The van der Waals surface area contributed by atoms with Crippen molar-refractivity contribution in [2.24, 2.45) is 7.05 Å². The zero-order valence-electron chi connectivity index (χ0n) is 19.2. The van der Waals surface area contributed by atoms with E-state index in [1.807, 2.05) is 73.1 Å². The lowest BCUT2D eigenvalue weighted by atomic mass is 9.99. The number of fused-ring (bicyclic) bond motifs is 1. The number of pyridine rings is 1. The van der Waals surface area contributed by atoms with Crippen molar-refractivity contribution in [3.8, 4) is 16.9 Å². The number of carbonyl (C=O) groups excluding carboxylic acids is 1. The number of hydrogen-bond acceptors (Lipinski definition) is 5. The van der Waals surface area contributed by atoms with E-state index in [-0.39, 0.29) is 5.78 Å². The highest BCUT2D eigenvalue weighted by molar-refractivity contribution is 6.05. The number of hydrogen-bond donors (Lipinski definition) is 1. The standard InChI is InChI=1S/C27H22N6O2/c1-28-19-12-10-18(11-13-19)23-17-32(2)31-25(23)27(34)26(29-20-7-6-9-22(15-20)35-3)24-16-21-8-4-5-14-33(21)30-24/h4-17,26,29H,2-3H3. The van der Waals surface area contributed by atoms with E-state index in [1.54, 1.807) is 35.5 Å². The van der Waals surface area contributed by atoms with Crippen LogP contribution >= 0.6 is 0 Å². The fourth-order valence-electron chi connectivity index (χ4n) is 3.99. The van der Waals surface area contributed by atoms with Crippen molar-refractivity contribution >= 4 is 22.7 Å². The van der Waals surface area contributed by atoms with Gasteiger partial charge < -0.3 is 10.1 Å². The van der Waals surface area contributed by atoms with Crippen LogP contribution in [0.15, 0.2) is 85.2 Å². The van der Waals surface area contributed by atoms with Gasteiger partial charge >= 0.3 is 0 Å². The average Bonchev–Trinajstić information content (AvgIpc) is 3.50. The van der Waals surface area contributed by atoms with Crippen molar-refractivity contribution in [2.75, 3.05) is 12.4 Å². The highest BCUT2D eigenvalue weighted by Crippen LogP contribution is 2.31. The normalized spacial score (nSPS) is 11.7. The van der Waals surface area contributed by atoms with Gasteiger partial charge in [0.1, 0.15) is 17.5 Å². The van der Waals surface area contributed by atoms with E-state index in [0.29, 0.717) is 28.4 Å². The van der Waals surface area contributed by atoms with E-state index < -0.39 is 6.04 Å². The summed E-state index contributed by atoms with van der Waals surface area (Å²) < 4.78 is 8.72. The number of methoxy groups -OCH3 is 1. The first-order valence-electron chi connectivity index (χ1n) is 11.0. The number of anilines is 1. The first kappa shape index (κ1) is 21.9. The number of aryl methyl sites for hydroxylation is 1. The zero-order chi connectivity index (χ0) is 24.4. The van der Waals surface area contributed by atoms with Gasteiger partial charge in [-0.25, -0.2) is 9.36 Å². The molecule has 0 aliphatic heterocycles. The number of carbonyl (C=O) groups is 1. The van der Waals surface area contributed by atoms with Crippen molar-refractivity contribution in [2.45, 2.75) is 6.04 Å². The Morgan fingerprint density at radius 3 is 2.63 bits per heavy atom. The number of nitrogens with zero attached hydrogens (tertiary/aromatic N) is 5. The second kappa shape index (κ2) is 9.15. The summed E-state index contributed by atoms with van der Waals surface area (Å²) in [7, 11) is 3.38. The van der Waals surface area contributed by atoms with Crippen LogP contribution in [0, 0.1) is 6.57 Å². The van der Waals surface area contributed by atoms with Crippen molar-refractivity contribution < 1.29 is 9.53 Å². The molecule has 1 N–H and O–H groups in total. The van der Waals surface area contributed by atoms with Gasteiger partial charge in [-0.2, -0.15) is 10.2 Å². The fraction of sp³-hybridized carbons (Fsp3) is 0.111. The maximum atomic E-state index is 14.0. The molecular formula is C27H22N6O2. The van der Waals surface area contributed by atoms with E-state index in [4.69, 9.17) is 11.3 Å². The second-order valence-electron chi connectivity index (χ2n) is 8.04. The minimum atomic E-state index is -0.793. The Morgan fingerprint density at radius 1 is 1.06 bits per heavy atom. The molecule has 0 saturated carbocycles. The minimum absolute atomic E-state index is 0.221.